The standard InChI is InChI=1S/C15H14N2O3/c1-10(9-16)20-15(18)7-12-6-11-4-3-5-17-13(11)8-14(12)19-2/h3-6,8,10H,7H2,1-2H3. The van der Waals surface area contributed by atoms with E-state index in [0.717, 1.165) is 10.9 Å². The van der Waals surface area contributed by atoms with E-state index < -0.39 is 12.1 Å². The zero-order chi connectivity index (χ0) is 14.5. The number of nitriles is 1. The Morgan fingerprint density at radius 1 is 1.50 bits per heavy atom. The molecule has 0 N–H and O–H groups in total. The number of rotatable bonds is 4. The molecule has 2 rings (SSSR count). The number of benzene rings is 1. The summed E-state index contributed by atoms with van der Waals surface area (Å²) in [5.74, 6) is 0.123. The molecule has 0 saturated heterocycles. The maximum atomic E-state index is 11.7. The highest BCUT2D eigenvalue weighted by atomic mass is 16.5. The normalized spacial score (nSPS) is 11.7. The summed E-state index contributed by atoms with van der Waals surface area (Å²) >= 11 is 0. The summed E-state index contributed by atoms with van der Waals surface area (Å²) in [6.45, 7) is 1.53. The molecule has 1 unspecified atom stereocenters. The molecule has 102 valence electrons. The van der Waals surface area contributed by atoms with Crippen molar-refractivity contribution < 1.29 is 14.3 Å². The van der Waals surface area contributed by atoms with Crippen molar-refractivity contribution in [1.82, 2.24) is 4.98 Å². The van der Waals surface area contributed by atoms with E-state index in [0.29, 0.717) is 11.3 Å². The van der Waals surface area contributed by atoms with Crippen LogP contribution in [0, 0.1) is 11.3 Å². The lowest BCUT2D eigenvalue weighted by molar-refractivity contribution is -0.145. The number of hydrogen-bond acceptors (Lipinski definition) is 5. The summed E-state index contributed by atoms with van der Waals surface area (Å²) in [4.78, 5) is 16.0. The van der Waals surface area contributed by atoms with Crippen molar-refractivity contribution in [2.24, 2.45) is 0 Å². The Balaban J connectivity index is 2.29. The van der Waals surface area contributed by atoms with Gasteiger partial charge < -0.3 is 9.47 Å². The van der Waals surface area contributed by atoms with Gasteiger partial charge in [-0.15, -0.1) is 0 Å². The smallest absolute Gasteiger partial charge is 0.311 e. The van der Waals surface area contributed by atoms with Crippen molar-refractivity contribution in [3.63, 3.8) is 0 Å². The minimum atomic E-state index is -0.754. The Labute approximate surface area is 116 Å². The first kappa shape index (κ1) is 13.8. The van der Waals surface area contributed by atoms with Crippen molar-refractivity contribution in [2.45, 2.75) is 19.4 Å². The Hall–Kier alpha value is -2.61. The molecule has 1 aromatic heterocycles. The Kier molecular flexibility index (Phi) is 4.16. The quantitative estimate of drug-likeness (QED) is 0.797. The van der Waals surface area contributed by atoms with Gasteiger partial charge in [-0.25, -0.2) is 0 Å². The summed E-state index contributed by atoms with van der Waals surface area (Å²) in [5.41, 5.74) is 1.51. The highest BCUT2D eigenvalue weighted by molar-refractivity contribution is 5.83. The molecule has 0 bridgehead atoms. The van der Waals surface area contributed by atoms with E-state index in [-0.39, 0.29) is 6.42 Å². The van der Waals surface area contributed by atoms with Gasteiger partial charge in [0.25, 0.3) is 0 Å². The number of carbonyl (C=O) groups is 1. The number of pyridine rings is 1. The van der Waals surface area contributed by atoms with Crippen LogP contribution in [0.15, 0.2) is 30.5 Å². The molecule has 2 aromatic rings. The van der Waals surface area contributed by atoms with Crippen LogP contribution in [0.2, 0.25) is 0 Å². The first-order valence-corrected chi connectivity index (χ1v) is 6.14. The van der Waals surface area contributed by atoms with E-state index >= 15 is 0 Å². The molecular weight excluding hydrogens is 256 g/mol. The van der Waals surface area contributed by atoms with Gasteiger partial charge in [0.1, 0.15) is 11.8 Å². The Morgan fingerprint density at radius 3 is 3.00 bits per heavy atom. The molecule has 0 spiro atoms. The third-order valence-corrected chi connectivity index (χ3v) is 2.83. The monoisotopic (exact) mass is 270 g/mol. The number of methoxy groups -OCH3 is 1. The largest absolute Gasteiger partial charge is 0.496 e. The molecule has 20 heavy (non-hydrogen) atoms. The molecule has 1 atom stereocenters. The Morgan fingerprint density at radius 2 is 2.30 bits per heavy atom. The summed E-state index contributed by atoms with van der Waals surface area (Å²) in [7, 11) is 1.54. The van der Waals surface area contributed by atoms with Gasteiger partial charge in [0.2, 0.25) is 0 Å². The van der Waals surface area contributed by atoms with E-state index in [1.165, 1.54) is 14.0 Å². The second-order valence-corrected chi connectivity index (χ2v) is 4.30. The molecular formula is C15H14N2O3. The lowest BCUT2D eigenvalue weighted by atomic mass is 10.1. The number of nitrogens with zero attached hydrogens (tertiary/aromatic N) is 2. The Bertz CT molecular complexity index is 676. The van der Waals surface area contributed by atoms with Crippen molar-refractivity contribution in [3.8, 4) is 11.8 Å². The molecule has 1 aromatic carbocycles. The topological polar surface area (TPSA) is 72.2 Å². The van der Waals surface area contributed by atoms with E-state index in [2.05, 4.69) is 4.98 Å². The van der Waals surface area contributed by atoms with Crippen LogP contribution in [-0.2, 0) is 16.0 Å². The fraction of sp³-hybridized carbons (Fsp3) is 0.267. The zero-order valence-electron chi connectivity index (χ0n) is 11.3. The SMILES string of the molecule is COc1cc2ncccc2cc1CC(=O)OC(C)C#N. The summed E-state index contributed by atoms with van der Waals surface area (Å²) in [6.07, 6.45) is 1.00. The highest BCUT2D eigenvalue weighted by Crippen LogP contribution is 2.25. The zero-order valence-corrected chi connectivity index (χ0v) is 11.3. The molecule has 1 heterocycles. The summed E-state index contributed by atoms with van der Waals surface area (Å²) < 4.78 is 10.2. The molecule has 5 nitrogen and oxygen atoms in total. The number of esters is 1. The first-order valence-electron chi connectivity index (χ1n) is 6.14. The van der Waals surface area contributed by atoms with Crippen molar-refractivity contribution >= 4 is 16.9 Å². The maximum Gasteiger partial charge on any atom is 0.311 e. The lowest BCUT2D eigenvalue weighted by Crippen LogP contribution is -2.15. The average molecular weight is 270 g/mol. The molecule has 0 aliphatic carbocycles. The average Bonchev–Trinajstić information content (AvgIpc) is 2.46. The van der Waals surface area contributed by atoms with Crippen LogP contribution in [0.4, 0.5) is 0 Å². The van der Waals surface area contributed by atoms with Crippen LogP contribution in [0.3, 0.4) is 0 Å². The van der Waals surface area contributed by atoms with Gasteiger partial charge in [-0.1, -0.05) is 6.07 Å². The predicted molar refractivity (Wildman–Crippen MR) is 73.2 cm³/mol. The maximum absolute atomic E-state index is 11.7. The fourth-order valence-electron chi connectivity index (χ4n) is 1.90. The van der Waals surface area contributed by atoms with Crippen LogP contribution in [0.1, 0.15) is 12.5 Å². The van der Waals surface area contributed by atoms with E-state index in [9.17, 15) is 4.79 Å². The third kappa shape index (κ3) is 3.04. The molecule has 0 radical (unpaired) electrons. The summed E-state index contributed by atoms with van der Waals surface area (Å²) in [6, 6.07) is 9.22. The van der Waals surface area contributed by atoms with Gasteiger partial charge in [0.05, 0.1) is 19.0 Å². The van der Waals surface area contributed by atoms with Crippen molar-refractivity contribution in [3.05, 3.63) is 36.0 Å². The minimum absolute atomic E-state index is 0.0556. The number of aromatic nitrogens is 1. The minimum Gasteiger partial charge on any atom is -0.496 e. The molecule has 5 heteroatoms. The van der Waals surface area contributed by atoms with Crippen LogP contribution in [-0.4, -0.2) is 24.2 Å². The fourth-order valence-corrected chi connectivity index (χ4v) is 1.90. The van der Waals surface area contributed by atoms with Crippen molar-refractivity contribution in [2.75, 3.05) is 7.11 Å². The van der Waals surface area contributed by atoms with Gasteiger partial charge in [-0.05, 0) is 19.1 Å². The predicted octanol–water partition coefficient (Wildman–Crippen LogP) is 2.24. The molecule has 0 aliphatic heterocycles. The van der Waals surface area contributed by atoms with E-state index in [1.807, 2.05) is 24.3 Å². The highest BCUT2D eigenvalue weighted by Gasteiger charge is 2.14. The van der Waals surface area contributed by atoms with Crippen LogP contribution < -0.4 is 4.74 Å². The number of carbonyl (C=O) groups excluding carboxylic acids is 1. The number of fused-ring (bicyclic) bond motifs is 1. The molecule has 0 saturated carbocycles. The van der Waals surface area contributed by atoms with Gasteiger partial charge in [-0.3, -0.25) is 9.78 Å². The molecule has 0 amide bonds. The number of ether oxygens (including phenoxy) is 2. The summed E-state index contributed by atoms with van der Waals surface area (Å²) in [5, 5.41) is 9.55. The van der Waals surface area contributed by atoms with Crippen LogP contribution in [0.25, 0.3) is 10.9 Å². The number of hydrogen-bond donors (Lipinski definition) is 0. The van der Waals surface area contributed by atoms with Gasteiger partial charge in [0.15, 0.2) is 6.10 Å². The lowest BCUT2D eigenvalue weighted by Gasteiger charge is -2.10. The van der Waals surface area contributed by atoms with E-state index in [1.54, 1.807) is 12.3 Å². The van der Waals surface area contributed by atoms with Gasteiger partial charge in [0, 0.05) is 23.2 Å². The second kappa shape index (κ2) is 6.02. The van der Waals surface area contributed by atoms with Crippen LogP contribution >= 0.6 is 0 Å². The van der Waals surface area contributed by atoms with Crippen molar-refractivity contribution in [1.29, 1.82) is 5.26 Å². The van der Waals surface area contributed by atoms with Crippen LogP contribution in [0.5, 0.6) is 5.75 Å². The molecule has 0 fully saturated rings. The van der Waals surface area contributed by atoms with Gasteiger partial charge >= 0.3 is 5.97 Å². The molecule has 0 aliphatic rings. The van der Waals surface area contributed by atoms with Gasteiger partial charge in [-0.2, -0.15) is 5.26 Å². The third-order valence-electron chi connectivity index (χ3n) is 2.83. The van der Waals surface area contributed by atoms with E-state index in [4.69, 9.17) is 14.7 Å². The first-order chi connectivity index (χ1) is 9.63. The second-order valence-electron chi connectivity index (χ2n) is 4.30.